The van der Waals surface area contributed by atoms with Gasteiger partial charge in [0.1, 0.15) is 0 Å². The molecule has 1 heterocycles. The Hall–Kier alpha value is 0.690. The Bertz CT molecular complexity index is 86.9. The first kappa shape index (κ1) is 7.79. The van der Waals surface area contributed by atoms with Crippen molar-refractivity contribution in [1.29, 1.82) is 0 Å². The van der Waals surface area contributed by atoms with Crippen LogP contribution in [0.5, 0.6) is 0 Å². The van der Waals surface area contributed by atoms with E-state index < -0.39 is 0 Å². The van der Waals surface area contributed by atoms with E-state index in [4.69, 9.17) is 0 Å². The number of halogens is 1. The van der Waals surface area contributed by atoms with Crippen molar-refractivity contribution in [1.82, 2.24) is 3.11 Å². The van der Waals surface area contributed by atoms with Crippen molar-refractivity contribution in [3.05, 3.63) is 0 Å². The van der Waals surface area contributed by atoms with Gasteiger partial charge in [-0.2, -0.15) is 0 Å². The average molecular weight is 240 g/mol. The van der Waals surface area contributed by atoms with E-state index in [0.717, 1.165) is 11.8 Å². The number of rotatable bonds is 2. The van der Waals surface area contributed by atoms with Crippen molar-refractivity contribution in [2.75, 3.05) is 18.0 Å². The van der Waals surface area contributed by atoms with Crippen LogP contribution in [-0.4, -0.2) is 21.1 Å². The molecule has 0 unspecified atom stereocenters. The second-order valence-corrected chi connectivity index (χ2v) is 5.33. The molecule has 2 heteroatoms. The Balaban J connectivity index is 2.12. The molecule has 1 aliphatic rings. The summed E-state index contributed by atoms with van der Waals surface area (Å²) in [5.41, 5.74) is 0. The zero-order chi connectivity index (χ0) is 6.85. The van der Waals surface area contributed by atoms with Gasteiger partial charge < -0.3 is 0 Å². The van der Waals surface area contributed by atoms with Gasteiger partial charge in [0.15, 0.2) is 0 Å². The molecule has 0 radical (unpaired) electrons. The first-order chi connectivity index (χ1) is 4.24. The second-order valence-electron chi connectivity index (χ2n) is 3.00. The molecule has 1 nitrogen and oxygen atoms in total. The van der Waals surface area contributed by atoms with Gasteiger partial charge in [-0.25, -0.2) is 0 Å². The topological polar surface area (TPSA) is 3.24 Å². The Labute approximate surface area is 68.4 Å². The van der Waals surface area contributed by atoms with Gasteiger partial charge in [0.25, 0.3) is 0 Å². The van der Waals surface area contributed by atoms with Crippen LogP contribution in [0.1, 0.15) is 13.8 Å². The number of alkyl halides is 1. The molecule has 1 saturated heterocycles. The van der Waals surface area contributed by atoms with E-state index in [9.17, 15) is 0 Å². The molecule has 1 rings (SSSR count). The molecular weight excluding hydrogens is 225 g/mol. The molecule has 1 fully saturated rings. The fourth-order valence-electron chi connectivity index (χ4n) is 1.02. The minimum atomic E-state index is 0.412. The van der Waals surface area contributed by atoms with E-state index in [1.807, 2.05) is 0 Å². The number of nitrogens with zero attached hydrogens (tertiary/aromatic N) is 1. The molecule has 0 saturated carbocycles. The third-order valence-corrected chi connectivity index (χ3v) is 4.20. The van der Waals surface area contributed by atoms with Gasteiger partial charge in [-0.05, 0) is 0 Å². The van der Waals surface area contributed by atoms with Crippen molar-refractivity contribution in [2.24, 2.45) is 11.8 Å². The van der Waals surface area contributed by atoms with E-state index in [1.165, 1.54) is 13.1 Å². The fourth-order valence-corrected chi connectivity index (χ4v) is 2.81. The van der Waals surface area contributed by atoms with Crippen LogP contribution in [0.4, 0.5) is 0 Å². The normalized spacial score (nSPS) is 23.1. The minimum absolute atomic E-state index is 0.412. The van der Waals surface area contributed by atoms with Crippen LogP contribution in [0.15, 0.2) is 0 Å². The van der Waals surface area contributed by atoms with Crippen LogP contribution in [0, 0.1) is 11.8 Å². The summed E-state index contributed by atoms with van der Waals surface area (Å²) in [5.74, 6) is 1.93. The summed E-state index contributed by atoms with van der Waals surface area (Å²) in [5, 5.41) is 0. The SMILES string of the molecule is C[I-]N1CC(C(C)C)C1. The van der Waals surface area contributed by atoms with Gasteiger partial charge in [0.2, 0.25) is 0 Å². The van der Waals surface area contributed by atoms with Gasteiger partial charge in [0, 0.05) is 0 Å². The van der Waals surface area contributed by atoms with Crippen molar-refractivity contribution in [3.8, 4) is 0 Å². The van der Waals surface area contributed by atoms with Crippen molar-refractivity contribution in [3.63, 3.8) is 0 Å². The van der Waals surface area contributed by atoms with Crippen LogP contribution >= 0.6 is 0 Å². The van der Waals surface area contributed by atoms with Crippen LogP contribution in [0.2, 0.25) is 0 Å². The number of hydrogen-bond acceptors (Lipinski definition) is 1. The van der Waals surface area contributed by atoms with Crippen molar-refractivity contribution < 1.29 is 21.5 Å². The Morgan fingerprint density at radius 3 is 2.33 bits per heavy atom. The quantitative estimate of drug-likeness (QED) is 0.313. The zero-order valence-corrected chi connectivity index (χ0v) is 8.55. The Morgan fingerprint density at radius 2 is 2.00 bits per heavy atom. The molecule has 0 aromatic rings. The summed E-state index contributed by atoms with van der Waals surface area (Å²) in [6, 6.07) is 0. The summed E-state index contributed by atoms with van der Waals surface area (Å²) in [6.07, 6.45) is 0. The molecule has 0 bridgehead atoms. The zero-order valence-electron chi connectivity index (χ0n) is 6.39. The molecule has 56 valence electrons. The third kappa shape index (κ3) is 1.80. The fraction of sp³-hybridized carbons (Fsp3) is 1.00. The standard InChI is InChI=1S/C7H15IN/c1-6(2)7-4-9(5-7)8-3/h6-7H,4-5H2,1-3H3/q-1. The summed E-state index contributed by atoms with van der Waals surface area (Å²) < 4.78 is 2.60. The summed E-state index contributed by atoms with van der Waals surface area (Å²) in [4.78, 5) is 2.34. The Kier molecular flexibility index (Phi) is 2.76. The van der Waals surface area contributed by atoms with E-state index in [1.54, 1.807) is 0 Å². The molecular formula is C7H15IN-. The molecule has 0 amide bonds. The maximum absolute atomic E-state index is 2.60. The van der Waals surface area contributed by atoms with Gasteiger partial charge in [-0.1, -0.05) is 0 Å². The van der Waals surface area contributed by atoms with Gasteiger partial charge in [0.05, 0.1) is 0 Å². The predicted octanol–water partition coefficient (Wildman–Crippen LogP) is -1.79. The van der Waals surface area contributed by atoms with Crippen molar-refractivity contribution >= 4 is 0 Å². The van der Waals surface area contributed by atoms with E-state index >= 15 is 0 Å². The van der Waals surface area contributed by atoms with E-state index in [-0.39, 0.29) is 0 Å². The van der Waals surface area contributed by atoms with E-state index in [2.05, 4.69) is 21.9 Å². The molecule has 0 aromatic heterocycles. The molecule has 9 heavy (non-hydrogen) atoms. The second kappa shape index (κ2) is 3.19. The van der Waals surface area contributed by atoms with Crippen LogP contribution < -0.4 is 21.5 Å². The molecule has 0 aromatic carbocycles. The first-order valence-electron chi connectivity index (χ1n) is 3.48. The molecule has 0 N–H and O–H groups in total. The predicted molar refractivity (Wildman–Crippen MR) is 35.8 cm³/mol. The molecule has 0 aliphatic carbocycles. The molecule has 0 spiro atoms. The monoisotopic (exact) mass is 240 g/mol. The van der Waals surface area contributed by atoms with Gasteiger partial charge >= 0.3 is 68.3 Å². The van der Waals surface area contributed by atoms with Crippen molar-refractivity contribution in [2.45, 2.75) is 13.8 Å². The van der Waals surface area contributed by atoms with Gasteiger partial charge in [-0.3, -0.25) is 0 Å². The van der Waals surface area contributed by atoms with Crippen LogP contribution in [0.3, 0.4) is 0 Å². The summed E-state index contributed by atoms with van der Waals surface area (Å²) in [6.45, 7) is 7.44. The first-order valence-corrected chi connectivity index (χ1v) is 6.61. The van der Waals surface area contributed by atoms with E-state index in [0.29, 0.717) is 21.5 Å². The van der Waals surface area contributed by atoms with Gasteiger partial charge in [-0.15, -0.1) is 0 Å². The Morgan fingerprint density at radius 1 is 1.44 bits per heavy atom. The third-order valence-electron chi connectivity index (χ3n) is 2.05. The van der Waals surface area contributed by atoms with Crippen LogP contribution in [-0.2, 0) is 0 Å². The summed E-state index contributed by atoms with van der Waals surface area (Å²) in [7, 11) is 0. The average Bonchev–Trinajstić information content (AvgIpc) is 1.61. The summed E-state index contributed by atoms with van der Waals surface area (Å²) >= 11 is 0.412. The molecule has 1 aliphatic heterocycles. The molecule has 0 atom stereocenters. The van der Waals surface area contributed by atoms with Crippen LogP contribution in [0.25, 0.3) is 0 Å². The number of hydrogen-bond donors (Lipinski definition) is 0. The maximum atomic E-state index is 2.60.